The van der Waals surface area contributed by atoms with Gasteiger partial charge in [-0.25, -0.2) is 9.37 Å². The van der Waals surface area contributed by atoms with Crippen molar-refractivity contribution in [3.63, 3.8) is 0 Å². The van der Waals surface area contributed by atoms with E-state index in [1.165, 1.54) is 12.1 Å². The van der Waals surface area contributed by atoms with Crippen molar-refractivity contribution in [2.45, 2.75) is 20.0 Å². The van der Waals surface area contributed by atoms with Crippen molar-refractivity contribution in [3.8, 4) is 0 Å². The van der Waals surface area contributed by atoms with Gasteiger partial charge in [-0.1, -0.05) is 15.9 Å². The van der Waals surface area contributed by atoms with Gasteiger partial charge < -0.3 is 10.2 Å². The summed E-state index contributed by atoms with van der Waals surface area (Å²) in [6, 6.07) is 4.64. The van der Waals surface area contributed by atoms with Gasteiger partial charge in [-0.2, -0.15) is 0 Å². The third-order valence-electron chi connectivity index (χ3n) is 3.08. The molecular formula is C15H19BrFIN4S. The Labute approximate surface area is 165 Å². The highest BCUT2D eigenvalue weighted by molar-refractivity contribution is 14.0. The third-order valence-corrected chi connectivity index (χ3v) is 4.68. The number of thiazole rings is 1. The van der Waals surface area contributed by atoms with Gasteiger partial charge in [-0.15, -0.1) is 35.3 Å². The number of hydrogen-bond donors (Lipinski definition) is 1. The zero-order valence-corrected chi connectivity index (χ0v) is 17.9. The van der Waals surface area contributed by atoms with Gasteiger partial charge in [-0.05, 0) is 30.7 Å². The average molecular weight is 513 g/mol. The molecule has 0 atom stereocenters. The lowest BCUT2D eigenvalue weighted by molar-refractivity contribution is 0.470. The first-order valence-electron chi connectivity index (χ1n) is 6.76. The fourth-order valence-corrected chi connectivity index (χ4v) is 3.03. The minimum atomic E-state index is -0.249. The number of aryl methyl sites for hydroxylation is 1. The smallest absolute Gasteiger partial charge is 0.194 e. The van der Waals surface area contributed by atoms with Crippen LogP contribution in [0, 0.1) is 12.7 Å². The molecule has 1 N–H and O–H groups in total. The predicted octanol–water partition coefficient (Wildman–Crippen LogP) is 4.18. The first kappa shape index (κ1) is 20.3. The molecule has 8 heteroatoms. The Kier molecular flexibility index (Phi) is 8.41. The number of benzene rings is 1. The van der Waals surface area contributed by atoms with E-state index in [-0.39, 0.29) is 29.8 Å². The molecule has 2 aromatic rings. The van der Waals surface area contributed by atoms with E-state index in [0.29, 0.717) is 13.1 Å². The van der Waals surface area contributed by atoms with E-state index in [0.717, 1.165) is 26.7 Å². The molecule has 1 aromatic heterocycles. The van der Waals surface area contributed by atoms with Crippen LogP contribution in [0.5, 0.6) is 0 Å². The third kappa shape index (κ3) is 6.00. The Bertz CT molecular complexity index is 677. The summed E-state index contributed by atoms with van der Waals surface area (Å²) in [6.07, 6.45) is 0. The van der Waals surface area contributed by atoms with Gasteiger partial charge in [0.1, 0.15) is 5.82 Å². The SMILES string of the molecule is CN=C(NCc1cc(F)ccc1Br)N(C)Cc1csc(C)n1.I. The van der Waals surface area contributed by atoms with E-state index in [9.17, 15) is 4.39 Å². The Morgan fingerprint density at radius 1 is 1.48 bits per heavy atom. The van der Waals surface area contributed by atoms with Crippen LogP contribution in [0.2, 0.25) is 0 Å². The molecule has 0 amide bonds. The monoisotopic (exact) mass is 512 g/mol. The highest BCUT2D eigenvalue weighted by Crippen LogP contribution is 2.17. The van der Waals surface area contributed by atoms with E-state index in [4.69, 9.17) is 0 Å². The second-order valence-corrected chi connectivity index (χ2v) is 6.77. The lowest BCUT2D eigenvalue weighted by atomic mass is 10.2. The molecule has 1 heterocycles. The van der Waals surface area contributed by atoms with Crippen molar-refractivity contribution in [1.29, 1.82) is 0 Å². The van der Waals surface area contributed by atoms with Gasteiger partial charge in [0.05, 0.1) is 17.2 Å². The molecule has 0 unspecified atom stereocenters. The first-order valence-corrected chi connectivity index (χ1v) is 8.43. The van der Waals surface area contributed by atoms with Gasteiger partial charge >= 0.3 is 0 Å². The summed E-state index contributed by atoms with van der Waals surface area (Å²) in [5.41, 5.74) is 1.86. The minimum Gasteiger partial charge on any atom is -0.352 e. The van der Waals surface area contributed by atoms with Crippen molar-refractivity contribution < 1.29 is 4.39 Å². The van der Waals surface area contributed by atoms with Crippen molar-refractivity contribution in [1.82, 2.24) is 15.2 Å². The number of hydrogen-bond acceptors (Lipinski definition) is 3. The van der Waals surface area contributed by atoms with Gasteiger partial charge in [0.2, 0.25) is 0 Å². The molecule has 0 fully saturated rings. The molecular weight excluding hydrogens is 494 g/mol. The number of rotatable bonds is 4. The number of aliphatic imine (C=N–C) groups is 1. The van der Waals surface area contributed by atoms with Crippen molar-refractivity contribution in [2.75, 3.05) is 14.1 Å². The molecule has 23 heavy (non-hydrogen) atoms. The number of guanidine groups is 1. The molecule has 126 valence electrons. The van der Waals surface area contributed by atoms with E-state index in [2.05, 4.69) is 31.2 Å². The van der Waals surface area contributed by atoms with Crippen LogP contribution >= 0.6 is 51.2 Å². The highest BCUT2D eigenvalue weighted by atomic mass is 127. The number of nitrogens with one attached hydrogen (secondary N) is 1. The summed E-state index contributed by atoms with van der Waals surface area (Å²) in [7, 11) is 3.68. The number of aromatic nitrogens is 1. The van der Waals surface area contributed by atoms with Gasteiger partial charge in [-0.3, -0.25) is 4.99 Å². The molecule has 0 radical (unpaired) electrons. The predicted molar refractivity (Wildman–Crippen MR) is 108 cm³/mol. The fraction of sp³-hybridized carbons (Fsp3) is 0.333. The number of nitrogens with zero attached hydrogens (tertiary/aromatic N) is 3. The molecule has 2 rings (SSSR count). The van der Waals surface area contributed by atoms with Crippen molar-refractivity contribution >= 4 is 57.2 Å². The summed E-state index contributed by atoms with van der Waals surface area (Å²) in [6.45, 7) is 3.16. The molecule has 0 saturated heterocycles. The Morgan fingerprint density at radius 3 is 2.83 bits per heavy atom. The Balaban J connectivity index is 0.00000264. The summed E-state index contributed by atoms with van der Waals surface area (Å²) in [5, 5.41) is 6.33. The van der Waals surface area contributed by atoms with Gasteiger partial charge in [0, 0.05) is 30.5 Å². The molecule has 0 spiro atoms. The zero-order chi connectivity index (χ0) is 16.1. The van der Waals surface area contributed by atoms with Crippen LogP contribution in [0.3, 0.4) is 0 Å². The maximum absolute atomic E-state index is 13.3. The van der Waals surface area contributed by atoms with Gasteiger partial charge in [0.15, 0.2) is 5.96 Å². The summed E-state index contributed by atoms with van der Waals surface area (Å²) < 4.78 is 14.2. The first-order chi connectivity index (χ1) is 10.5. The van der Waals surface area contributed by atoms with Gasteiger partial charge in [0.25, 0.3) is 0 Å². The maximum Gasteiger partial charge on any atom is 0.194 e. The second kappa shape index (κ2) is 9.53. The molecule has 0 bridgehead atoms. The van der Waals surface area contributed by atoms with Crippen LogP contribution in [-0.4, -0.2) is 29.9 Å². The van der Waals surface area contributed by atoms with E-state index >= 15 is 0 Å². The maximum atomic E-state index is 13.3. The van der Waals surface area contributed by atoms with Crippen LogP contribution in [0.4, 0.5) is 4.39 Å². The van der Waals surface area contributed by atoms with E-state index < -0.39 is 0 Å². The topological polar surface area (TPSA) is 40.5 Å². The quantitative estimate of drug-likeness (QED) is 0.379. The molecule has 0 aliphatic carbocycles. The lowest BCUT2D eigenvalue weighted by Gasteiger charge is -2.21. The number of halogens is 3. The molecule has 0 saturated carbocycles. The minimum absolute atomic E-state index is 0. The van der Waals surface area contributed by atoms with Crippen LogP contribution in [0.15, 0.2) is 33.0 Å². The van der Waals surface area contributed by atoms with Crippen LogP contribution in [0.25, 0.3) is 0 Å². The van der Waals surface area contributed by atoms with Crippen LogP contribution in [-0.2, 0) is 13.1 Å². The van der Waals surface area contributed by atoms with Crippen molar-refractivity contribution in [2.24, 2.45) is 4.99 Å². The molecule has 0 aliphatic heterocycles. The molecule has 0 aliphatic rings. The largest absolute Gasteiger partial charge is 0.352 e. The summed E-state index contributed by atoms with van der Waals surface area (Å²) >= 11 is 5.06. The second-order valence-electron chi connectivity index (χ2n) is 4.85. The fourth-order valence-electron chi connectivity index (χ4n) is 2.04. The Morgan fingerprint density at radius 2 is 2.22 bits per heavy atom. The Hall–Kier alpha value is -0.740. The molecule has 4 nitrogen and oxygen atoms in total. The standard InChI is InChI=1S/C15H18BrFN4S.HI/c1-10-20-13(9-22-10)8-21(3)15(18-2)19-7-11-6-12(17)4-5-14(11)16;/h4-6,9H,7-8H2,1-3H3,(H,18,19);1H. The lowest BCUT2D eigenvalue weighted by Crippen LogP contribution is -2.38. The normalized spacial score (nSPS) is 11.1. The van der Waals surface area contributed by atoms with Crippen molar-refractivity contribution in [3.05, 3.63) is 50.1 Å². The average Bonchev–Trinajstić information content (AvgIpc) is 2.88. The molecule has 1 aromatic carbocycles. The van der Waals surface area contributed by atoms with E-state index in [1.807, 2.05) is 24.3 Å². The zero-order valence-electron chi connectivity index (χ0n) is 13.1. The van der Waals surface area contributed by atoms with Crippen LogP contribution < -0.4 is 5.32 Å². The highest BCUT2D eigenvalue weighted by Gasteiger charge is 2.09. The van der Waals surface area contributed by atoms with Crippen LogP contribution in [0.1, 0.15) is 16.3 Å². The van der Waals surface area contributed by atoms with E-state index in [1.54, 1.807) is 24.5 Å². The summed E-state index contributed by atoms with van der Waals surface area (Å²) in [4.78, 5) is 10.7. The summed E-state index contributed by atoms with van der Waals surface area (Å²) in [5.74, 6) is 0.489.